The van der Waals surface area contributed by atoms with Gasteiger partial charge in [-0.25, -0.2) is 0 Å². The van der Waals surface area contributed by atoms with Gasteiger partial charge in [-0.05, 0) is 51.0 Å². The summed E-state index contributed by atoms with van der Waals surface area (Å²) in [4.78, 5) is 11.8. The lowest BCUT2D eigenvalue weighted by molar-refractivity contribution is -0.117. The highest BCUT2D eigenvalue weighted by Gasteiger charge is 2.23. The molecule has 1 atom stereocenters. The molecule has 1 amide bonds. The van der Waals surface area contributed by atoms with E-state index in [0.717, 1.165) is 12.8 Å². The first-order valence-corrected chi connectivity index (χ1v) is 7.18. The second-order valence-corrected chi connectivity index (χ2v) is 5.60. The molecular weight excluding hydrogens is 234 g/mol. The van der Waals surface area contributed by atoms with Crippen molar-refractivity contribution in [3.05, 3.63) is 47.5 Å². The van der Waals surface area contributed by atoms with Crippen LogP contribution in [0.25, 0.3) is 0 Å². The van der Waals surface area contributed by atoms with Gasteiger partial charge >= 0.3 is 0 Å². The monoisotopic (exact) mass is 257 g/mol. The Morgan fingerprint density at radius 2 is 2.05 bits per heavy atom. The number of hydrogen-bond donors (Lipinski definition) is 1. The minimum Gasteiger partial charge on any atom is -0.350 e. The van der Waals surface area contributed by atoms with Crippen LogP contribution in [0.1, 0.15) is 38.7 Å². The zero-order valence-electron chi connectivity index (χ0n) is 11.9. The molecule has 0 spiro atoms. The number of hydrogen-bond acceptors (Lipinski definition) is 1. The van der Waals surface area contributed by atoms with Crippen molar-refractivity contribution in [2.75, 3.05) is 0 Å². The van der Waals surface area contributed by atoms with Crippen LogP contribution < -0.4 is 5.32 Å². The Kier molecular flexibility index (Phi) is 4.78. The number of allylic oxidation sites excluding steroid dienone is 1. The first-order chi connectivity index (χ1) is 9.15. The van der Waals surface area contributed by atoms with Crippen molar-refractivity contribution < 1.29 is 4.79 Å². The van der Waals surface area contributed by atoms with Crippen molar-refractivity contribution in [2.24, 2.45) is 5.92 Å². The molecule has 19 heavy (non-hydrogen) atoms. The summed E-state index contributed by atoms with van der Waals surface area (Å²) >= 11 is 0. The Hall–Kier alpha value is -1.57. The average molecular weight is 257 g/mol. The van der Waals surface area contributed by atoms with Crippen LogP contribution in [0.5, 0.6) is 0 Å². The lowest BCUT2D eigenvalue weighted by atomic mass is 10.1. The molecule has 0 radical (unpaired) electrons. The highest BCUT2D eigenvalue weighted by molar-refractivity contribution is 5.88. The molecule has 2 nitrogen and oxygen atoms in total. The number of aryl methyl sites for hydroxylation is 1. The second-order valence-electron chi connectivity index (χ2n) is 5.60. The Balaban J connectivity index is 1.73. The number of carbonyl (C=O) groups is 1. The molecule has 0 aromatic heterocycles. The summed E-state index contributed by atoms with van der Waals surface area (Å²) in [6, 6.07) is 10.6. The van der Waals surface area contributed by atoms with E-state index < -0.39 is 0 Å². The molecule has 1 fully saturated rings. The molecule has 1 aromatic carbocycles. The highest BCUT2D eigenvalue weighted by atomic mass is 16.1. The second kappa shape index (κ2) is 6.55. The van der Waals surface area contributed by atoms with E-state index in [-0.39, 0.29) is 11.9 Å². The fraction of sp³-hybridized carbons (Fsp3) is 0.471. The van der Waals surface area contributed by atoms with E-state index in [2.05, 4.69) is 43.4 Å². The first-order valence-electron chi connectivity index (χ1n) is 7.18. The van der Waals surface area contributed by atoms with Gasteiger partial charge in [-0.2, -0.15) is 0 Å². The molecule has 0 heterocycles. The van der Waals surface area contributed by atoms with Gasteiger partial charge in [-0.15, -0.1) is 0 Å². The molecule has 0 unspecified atom stereocenters. The number of benzene rings is 1. The molecule has 1 aromatic rings. The predicted molar refractivity (Wildman–Crippen MR) is 78.8 cm³/mol. The third kappa shape index (κ3) is 4.90. The summed E-state index contributed by atoms with van der Waals surface area (Å²) in [5, 5.41) is 3.05. The highest BCUT2D eigenvalue weighted by Crippen LogP contribution is 2.35. The van der Waals surface area contributed by atoms with Gasteiger partial charge in [0.2, 0.25) is 5.91 Å². The SMILES string of the molecule is C/C(=C\C(=O)N[C@@H](C)CCc1ccccc1)C1CC1. The third-order valence-electron chi connectivity index (χ3n) is 3.68. The maximum Gasteiger partial charge on any atom is 0.244 e. The molecule has 0 bridgehead atoms. The summed E-state index contributed by atoms with van der Waals surface area (Å²) in [5.41, 5.74) is 2.56. The Bertz CT molecular complexity index is 446. The quantitative estimate of drug-likeness (QED) is 0.777. The average Bonchev–Trinajstić information content (AvgIpc) is 3.21. The van der Waals surface area contributed by atoms with E-state index in [4.69, 9.17) is 0 Å². The van der Waals surface area contributed by atoms with Crippen molar-refractivity contribution in [1.29, 1.82) is 0 Å². The maximum absolute atomic E-state index is 11.8. The lowest BCUT2D eigenvalue weighted by Gasteiger charge is -2.12. The number of nitrogens with one attached hydrogen (secondary N) is 1. The van der Waals surface area contributed by atoms with Gasteiger partial charge in [0.15, 0.2) is 0 Å². The normalized spacial score (nSPS) is 17.1. The topological polar surface area (TPSA) is 29.1 Å². The molecule has 2 rings (SSSR count). The van der Waals surface area contributed by atoms with Crippen molar-refractivity contribution in [3.63, 3.8) is 0 Å². The first kappa shape index (κ1) is 13.9. The fourth-order valence-corrected chi connectivity index (χ4v) is 2.25. The van der Waals surface area contributed by atoms with Gasteiger partial charge in [-0.1, -0.05) is 35.9 Å². The van der Waals surface area contributed by atoms with Gasteiger partial charge in [0, 0.05) is 12.1 Å². The zero-order chi connectivity index (χ0) is 13.7. The summed E-state index contributed by atoms with van der Waals surface area (Å²) in [6.07, 6.45) is 6.26. The van der Waals surface area contributed by atoms with Crippen molar-refractivity contribution >= 4 is 5.91 Å². The number of amides is 1. The van der Waals surface area contributed by atoms with Crippen LogP contribution in [0.15, 0.2) is 42.0 Å². The van der Waals surface area contributed by atoms with Crippen LogP contribution in [0, 0.1) is 5.92 Å². The van der Waals surface area contributed by atoms with Crippen LogP contribution >= 0.6 is 0 Å². The van der Waals surface area contributed by atoms with E-state index in [1.54, 1.807) is 6.08 Å². The molecule has 0 saturated heterocycles. The minimum absolute atomic E-state index is 0.0601. The molecule has 1 saturated carbocycles. The van der Waals surface area contributed by atoms with Crippen LogP contribution in [0.4, 0.5) is 0 Å². The summed E-state index contributed by atoms with van der Waals surface area (Å²) in [7, 11) is 0. The number of carbonyl (C=O) groups excluding carboxylic acids is 1. The Morgan fingerprint density at radius 1 is 1.37 bits per heavy atom. The largest absolute Gasteiger partial charge is 0.350 e. The molecule has 102 valence electrons. The smallest absolute Gasteiger partial charge is 0.244 e. The van der Waals surface area contributed by atoms with Crippen LogP contribution in [0.2, 0.25) is 0 Å². The van der Waals surface area contributed by atoms with Crippen molar-refractivity contribution in [1.82, 2.24) is 5.32 Å². The predicted octanol–water partition coefficient (Wildman–Crippen LogP) is 3.48. The minimum atomic E-state index is 0.0601. The van der Waals surface area contributed by atoms with Crippen molar-refractivity contribution in [2.45, 2.75) is 45.6 Å². The summed E-state index contributed by atoms with van der Waals surface area (Å²) in [5.74, 6) is 0.732. The Morgan fingerprint density at radius 3 is 2.68 bits per heavy atom. The van der Waals surface area contributed by atoms with E-state index >= 15 is 0 Å². The molecule has 1 N–H and O–H groups in total. The van der Waals surface area contributed by atoms with Gasteiger partial charge < -0.3 is 5.32 Å². The van der Waals surface area contributed by atoms with Crippen LogP contribution in [-0.2, 0) is 11.2 Å². The molecule has 1 aliphatic rings. The van der Waals surface area contributed by atoms with Crippen LogP contribution in [-0.4, -0.2) is 11.9 Å². The van der Waals surface area contributed by atoms with Gasteiger partial charge in [0.25, 0.3) is 0 Å². The summed E-state index contributed by atoms with van der Waals surface area (Å²) in [6.45, 7) is 4.13. The molecule has 2 heteroatoms. The Labute approximate surface area is 115 Å². The molecule has 1 aliphatic carbocycles. The van der Waals surface area contributed by atoms with Gasteiger partial charge in [-0.3, -0.25) is 4.79 Å². The maximum atomic E-state index is 11.8. The van der Waals surface area contributed by atoms with Gasteiger partial charge in [0.05, 0.1) is 0 Å². The standard InChI is InChI=1S/C17H23NO/c1-13(16-10-11-16)12-17(19)18-14(2)8-9-15-6-4-3-5-7-15/h3-7,12,14,16H,8-11H2,1-2H3,(H,18,19)/b13-12+/t14-/m0/s1. The molecular formula is C17H23NO. The fourth-order valence-electron chi connectivity index (χ4n) is 2.25. The molecule has 0 aliphatic heterocycles. The zero-order valence-corrected chi connectivity index (χ0v) is 11.9. The van der Waals surface area contributed by atoms with Crippen LogP contribution in [0.3, 0.4) is 0 Å². The lowest BCUT2D eigenvalue weighted by Crippen LogP contribution is -2.31. The van der Waals surface area contributed by atoms with E-state index in [1.165, 1.54) is 24.0 Å². The van der Waals surface area contributed by atoms with Crippen molar-refractivity contribution in [3.8, 4) is 0 Å². The third-order valence-corrected chi connectivity index (χ3v) is 3.68. The van der Waals surface area contributed by atoms with Gasteiger partial charge in [0.1, 0.15) is 0 Å². The number of rotatable bonds is 6. The van der Waals surface area contributed by atoms with E-state index in [9.17, 15) is 4.79 Å². The van der Waals surface area contributed by atoms with E-state index in [0.29, 0.717) is 5.92 Å². The summed E-state index contributed by atoms with van der Waals surface area (Å²) < 4.78 is 0. The van der Waals surface area contributed by atoms with E-state index in [1.807, 2.05) is 6.07 Å².